The van der Waals surface area contributed by atoms with Crippen molar-refractivity contribution < 1.29 is 22.1 Å². The Morgan fingerprint density at radius 3 is 1.69 bits per heavy atom. The quantitative estimate of drug-likeness (QED) is 0.181. The predicted octanol–water partition coefficient (Wildman–Crippen LogP) is 8.41. The van der Waals surface area contributed by atoms with Gasteiger partial charge >= 0.3 is 35.6 Å². The van der Waals surface area contributed by atoms with Gasteiger partial charge in [0.15, 0.2) is 0 Å². The van der Waals surface area contributed by atoms with Gasteiger partial charge in [0.25, 0.3) is 0 Å². The average molecular weight is 499 g/mol. The molecule has 166 valence electrons. The van der Waals surface area contributed by atoms with Gasteiger partial charge < -0.3 is 11.0 Å². The number of aliphatic hydroxyl groups excluding tert-OH is 1. The van der Waals surface area contributed by atoms with Gasteiger partial charge in [-0.2, -0.15) is 20.8 Å². The second-order valence-corrected chi connectivity index (χ2v) is 10.3. The van der Waals surface area contributed by atoms with Crippen molar-refractivity contribution in [2.24, 2.45) is 0 Å². The zero-order valence-electron chi connectivity index (χ0n) is 18.9. The summed E-state index contributed by atoms with van der Waals surface area (Å²) in [6.45, 7) is 6.25. The summed E-state index contributed by atoms with van der Waals surface area (Å²) in [5.41, 5.74) is 6.74. The maximum Gasteiger partial charge on any atom is 0.0182 e. The SMILES string of the molecule is CO.C[C-](C)C.[Cl][Ti][Cl].[c-]1c(C2c3ccccc3-c3ccccc32)ccc2ccccc12. The van der Waals surface area contributed by atoms with E-state index in [1.54, 1.807) is 0 Å². The second kappa shape index (κ2) is 13.8. The van der Waals surface area contributed by atoms with Crippen LogP contribution in [0.5, 0.6) is 0 Å². The van der Waals surface area contributed by atoms with Crippen LogP contribution in [-0.4, -0.2) is 12.2 Å². The van der Waals surface area contributed by atoms with Gasteiger partial charge in [-0.05, 0) is 22.3 Å². The van der Waals surface area contributed by atoms with E-state index in [4.69, 9.17) is 23.7 Å². The van der Waals surface area contributed by atoms with Gasteiger partial charge in [0.1, 0.15) is 0 Å². The average Bonchev–Trinajstić information content (AvgIpc) is 3.15. The van der Waals surface area contributed by atoms with Crippen LogP contribution < -0.4 is 0 Å². The van der Waals surface area contributed by atoms with Gasteiger partial charge in [-0.15, -0.1) is 46.7 Å². The third-order valence-corrected chi connectivity index (χ3v) is 4.83. The molecule has 5 rings (SSSR count). The third-order valence-electron chi connectivity index (χ3n) is 4.83. The van der Waals surface area contributed by atoms with Crippen LogP contribution in [0.3, 0.4) is 0 Å². The van der Waals surface area contributed by atoms with Crippen LogP contribution in [0.15, 0.2) is 84.9 Å². The summed E-state index contributed by atoms with van der Waals surface area (Å²) in [4.78, 5) is 0. The molecule has 1 aliphatic carbocycles. The topological polar surface area (TPSA) is 20.2 Å². The van der Waals surface area contributed by atoms with E-state index in [1.165, 1.54) is 44.5 Å². The molecule has 0 saturated heterocycles. The molecule has 1 nitrogen and oxygen atoms in total. The number of hydrogen-bond acceptors (Lipinski definition) is 1. The summed E-state index contributed by atoms with van der Waals surface area (Å²) in [6.07, 6.45) is 0. The van der Waals surface area contributed by atoms with Crippen LogP contribution in [-0.2, 0) is 17.0 Å². The van der Waals surface area contributed by atoms with E-state index >= 15 is 0 Å². The molecule has 0 amide bonds. The molecule has 0 saturated carbocycles. The first-order chi connectivity index (χ1) is 15.6. The number of hydrogen-bond donors (Lipinski definition) is 1. The van der Waals surface area contributed by atoms with E-state index in [-0.39, 0.29) is 5.92 Å². The molecule has 1 aliphatic rings. The van der Waals surface area contributed by atoms with Crippen molar-refractivity contribution in [2.45, 2.75) is 26.7 Å². The van der Waals surface area contributed by atoms with Crippen molar-refractivity contribution in [3.63, 3.8) is 0 Å². The van der Waals surface area contributed by atoms with Crippen molar-refractivity contribution in [1.82, 2.24) is 0 Å². The number of aliphatic hydroxyl groups is 1. The molecule has 0 aliphatic heterocycles. The van der Waals surface area contributed by atoms with E-state index in [1.807, 2.05) is 0 Å². The van der Waals surface area contributed by atoms with Crippen LogP contribution in [0, 0.1) is 12.0 Å². The zero-order chi connectivity index (χ0) is 23.5. The van der Waals surface area contributed by atoms with E-state index in [2.05, 4.69) is 112 Å². The van der Waals surface area contributed by atoms with E-state index < -0.39 is 17.0 Å². The maximum absolute atomic E-state index is 7.00. The molecule has 0 unspecified atom stereocenters. The predicted molar refractivity (Wildman–Crippen MR) is 136 cm³/mol. The molecule has 0 radical (unpaired) electrons. The van der Waals surface area contributed by atoms with Gasteiger partial charge in [-0.3, -0.25) is 0 Å². The monoisotopic (exact) mass is 498 g/mol. The molecule has 4 aromatic carbocycles. The van der Waals surface area contributed by atoms with Crippen LogP contribution in [0.4, 0.5) is 0 Å². The molecule has 0 atom stereocenters. The molecular weight excluding hydrogens is 471 g/mol. The minimum absolute atomic E-state index is 0.284. The van der Waals surface area contributed by atoms with E-state index in [0.29, 0.717) is 0 Å². The molecular formula is C28H28Cl2OTi-2. The van der Waals surface area contributed by atoms with Crippen molar-refractivity contribution in [2.75, 3.05) is 7.11 Å². The fourth-order valence-corrected chi connectivity index (χ4v) is 3.79. The van der Waals surface area contributed by atoms with Crippen molar-refractivity contribution in [1.29, 1.82) is 0 Å². The minimum atomic E-state index is -0.556. The Bertz CT molecular complexity index is 1060. The number of rotatable bonds is 1. The van der Waals surface area contributed by atoms with Crippen LogP contribution in [0.25, 0.3) is 21.9 Å². The Labute approximate surface area is 209 Å². The van der Waals surface area contributed by atoms with Gasteiger partial charge in [-0.1, -0.05) is 60.7 Å². The number of fused-ring (bicyclic) bond motifs is 4. The Kier molecular flexibility index (Phi) is 11.5. The van der Waals surface area contributed by atoms with Crippen LogP contribution >= 0.6 is 18.6 Å². The molecule has 1 N–H and O–H groups in total. The smallest absolute Gasteiger partial charge is 0.0182 e. The molecule has 0 spiro atoms. The molecule has 32 heavy (non-hydrogen) atoms. The van der Waals surface area contributed by atoms with Gasteiger partial charge in [0, 0.05) is 13.0 Å². The standard InChI is InChI=1S/C23H15.C4H9.CH4O.2ClH.Ti/c1-2-8-17-15-18(14-13-16(17)7-1)23-21-11-5-3-9-19(21)20-10-4-6-12-22(20)23;1-4(2)3;1-2;;;/h1-14,23H;1-3H3;2H,1H3;2*1H;/q2*-1;;;;+2/p-2. The normalized spacial score (nSPS) is 11.1. The van der Waals surface area contributed by atoms with Crippen molar-refractivity contribution in [3.05, 3.63) is 114 Å². The summed E-state index contributed by atoms with van der Waals surface area (Å²) in [5, 5.41) is 9.43. The first-order valence-corrected chi connectivity index (χ1v) is 14.6. The Morgan fingerprint density at radius 1 is 0.719 bits per heavy atom. The van der Waals surface area contributed by atoms with Crippen molar-refractivity contribution in [3.8, 4) is 11.1 Å². The van der Waals surface area contributed by atoms with Crippen molar-refractivity contribution >= 4 is 29.4 Å². The molecule has 4 heteroatoms. The Morgan fingerprint density at radius 2 is 1.16 bits per heavy atom. The maximum atomic E-state index is 7.00. The summed E-state index contributed by atoms with van der Waals surface area (Å²) < 4.78 is 0. The molecule has 4 aromatic rings. The summed E-state index contributed by atoms with van der Waals surface area (Å²) in [7, 11) is 10.8. The second-order valence-electron chi connectivity index (χ2n) is 7.68. The van der Waals surface area contributed by atoms with Gasteiger partial charge in [-0.25, -0.2) is 0 Å². The van der Waals surface area contributed by atoms with Crippen LogP contribution in [0.2, 0.25) is 0 Å². The molecule has 0 aromatic heterocycles. The Balaban J connectivity index is 0.000000353. The first-order valence-electron chi connectivity index (χ1n) is 10.3. The number of halogens is 2. The largest absolute Gasteiger partial charge is 0.143 e. The number of benzene rings is 4. The van der Waals surface area contributed by atoms with Gasteiger partial charge in [0.2, 0.25) is 0 Å². The first kappa shape index (κ1) is 26.6. The summed E-state index contributed by atoms with van der Waals surface area (Å²) in [5.74, 6) is 1.70. The molecule has 0 fully saturated rings. The zero-order valence-corrected chi connectivity index (χ0v) is 21.9. The molecule has 0 heterocycles. The Hall–Kier alpha value is -1.61. The third kappa shape index (κ3) is 6.70. The fraction of sp³-hybridized carbons (Fsp3) is 0.179. The molecule has 0 bridgehead atoms. The van der Waals surface area contributed by atoms with Crippen LogP contribution in [0.1, 0.15) is 43.4 Å². The summed E-state index contributed by atoms with van der Waals surface area (Å²) in [6, 6.07) is 34.0. The minimum Gasteiger partial charge on any atom is -0.143 e. The van der Waals surface area contributed by atoms with Gasteiger partial charge in [0.05, 0.1) is 0 Å². The van der Waals surface area contributed by atoms with E-state index in [0.717, 1.165) is 7.11 Å². The van der Waals surface area contributed by atoms with E-state index in [9.17, 15) is 0 Å². The fourth-order valence-electron chi connectivity index (χ4n) is 3.79. The summed E-state index contributed by atoms with van der Waals surface area (Å²) >= 11 is -0.556.